The van der Waals surface area contributed by atoms with Crippen LogP contribution >= 0.6 is 24.8 Å². The van der Waals surface area contributed by atoms with Gasteiger partial charge in [-0.2, -0.15) is 18.2 Å². The molecule has 0 aliphatic carbocycles. The fraction of sp³-hybridized carbons (Fsp3) is 0.524. The van der Waals surface area contributed by atoms with Gasteiger partial charge in [0, 0.05) is 36.6 Å². The molecule has 1 saturated heterocycles. The molecule has 1 aromatic heterocycles. The number of hydrogen-bond acceptors (Lipinski definition) is 5. The average Bonchev–Trinajstić information content (AvgIpc) is 3.16. The van der Waals surface area contributed by atoms with Crippen LogP contribution in [0.25, 0.3) is 0 Å². The predicted octanol–water partition coefficient (Wildman–Crippen LogP) is 5.75. The summed E-state index contributed by atoms with van der Waals surface area (Å²) in [7, 11) is 0. The Kier molecular flexibility index (Phi) is 10.9. The lowest BCUT2D eigenvalue weighted by Gasteiger charge is -2.20. The van der Waals surface area contributed by atoms with Gasteiger partial charge in [0.05, 0.1) is 5.56 Å². The minimum absolute atomic E-state index is 0. The fourth-order valence-electron chi connectivity index (χ4n) is 3.56. The maximum absolute atomic E-state index is 13.6. The summed E-state index contributed by atoms with van der Waals surface area (Å²) in [6, 6.07) is 5.12. The van der Waals surface area contributed by atoms with E-state index < -0.39 is 17.6 Å². The van der Waals surface area contributed by atoms with Crippen molar-refractivity contribution in [2.24, 2.45) is 0 Å². The number of hydrogen-bond donors (Lipinski definition) is 2. The highest BCUT2D eigenvalue weighted by atomic mass is 35.5. The predicted molar refractivity (Wildman–Crippen MR) is 124 cm³/mol. The van der Waals surface area contributed by atoms with Gasteiger partial charge < -0.3 is 15.5 Å². The Morgan fingerprint density at radius 3 is 2.53 bits per heavy atom. The smallest absolute Gasteiger partial charge is 0.355 e. The van der Waals surface area contributed by atoms with Gasteiger partial charge in [0.15, 0.2) is 0 Å². The summed E-state index contributed by atoms with van der Waals surface area (Å²) in [4.78, 5) is 11.2. The molecular weight excluding hydrogens is 469 g/mol. The zero-order valence-corrected chi connectivity index (χ0v) is 19.6. The first kappa shape index (κ1) is 28.2. The number of nitrogens with zero attached hydrogens (tertiary/aromatic N) is 3. The molecular formula is C21H29Cl2F4N5. The van der Waals surface area contributed by atoms with Crippen LogP contribution in [0.5, 0.6) is 0 Å². The topological polar surface area (TPSA) is 53.1 Å². The molecule has 1 aliphatic rings. The molecule has 2 N–H and O–H groups in total. The van der Waals surface area contributed by atoms with Gasteiger partial charge in [0.25, 0.3) is 0 Å². The van der Waals surface area contributed by atoms with E-state index in [2.05, 4.69) is 39.3 Å². The van der Waals surface area contributed by atoms with E-state index >= 15 is 0 Å². The van der Waals surface area contributed by atoms with Gasteiger partial charge in [-0.25, -0.2) is 9.37 Å². The van der Waals surface area contributed by atoms with E-state index in [0.29, 0.717) is 6.04 Å². The number of unbranched alkanes of at least 4 members (excludes halogenated alkanes) is 1. The van der Waals surface area contributed by atoms with Crippen molar-refractivity contribution >= 4 is 42.3 Å². The molecule has 32 heavy (non-hydrogen) atoms. The first-order chi connectivity index (χ1) is 14.3. The molecule has 2 heterocycles. The van der Waals surface area contributed by atoms with Crippen LogP contribution in [0.4, 0.5) is 35.0 Å². The molecule has 11 heteroatoms. The highest BCUT2D eigenvalue weighted by Crippen LogP contribution is 2.33. The van der Waals surface area contributed by atoms with E-state index in [-0.39, 0.29) is 36.4 Å². The Morgan fingerprint density at radius 2 is 1.88 bits per heavy atom. The van der Waals surface area contributed by atoms with E-state index in [9.17, 15) is 17.6 Å². The lowest BCUT2D eigenvalue weighted by Crippen LogP contribution is -2.32. The maximum Gasteiger partial charge on any atom is 0.419 e. The van der Waals surface area contributed by atoms with Crippen molar-refractivity contribution in [1.82, 2.24) is 15.3 Å². The molecule has 0 bridgehead atoms. The molecule has 0 spiro atoms. The number of benzene rings is 1. The van der Waals surface area contributed by atoms with Crippen molar-refractivity contribution in [1.29, 1.82) is 0 Å². The second-order valence-corrected chi connectivity index (χ2v) is 7.45. The van der Waals surface area contributed by atoms with Gasteiger partial charge in [-0.05, 0) is 44.0 Å². The van der Waals surface area contributed by atoms with E-state index in [0.717, 1.165) is 69.0 Å². The zero-order valence-electron chi connectivity index (χ0n) is 18.0. The third kappa shape index (κ3) is 7.35. The van der Waals surface area contributed by atoms with Crippen molar-refractivity contribution in [3.8, 4) is 0 Å². The normalized spacial score (nSPS) is 15.8. The monoisotopic (exact) mass is 497 g/mol. The summed E-state index contributed by atoms with van der Waals surface area (Å²) in [6.07, 6.45) is -1.07. The maximum atomic E-state index is 13.6. The standard InChI is InChI=1S/C21H27F4N5.2ClH/c1-3-5-6-14-12-19(30-10-9-16(13-30)26-4-2)29-20(27-14)28-15-7-8-18(22)17(11-15)21(23,24)25;;/h7-8,11-12,16,26H,3-6,9-10,13H2,1-2H3,(H,27,28,29);2*1H/t16-;;/m0../s1. The quantitative estimate of drug-likeness (QED) is 0.454. The molecule has 180 valence electrons. The van der Waals surface area contributed by atoms with Gasteiger partial charge in [0.2, 0.25) is 5.95 Å². The Morgan fingerprint density at radius 1 is 1.12 bits per heavy atom. The van der Waals surface area contributed by atoms with E-state index in [4.69, 9.17) is 0 Å². The first-order valence-corrected chi connectivity index (χ1v) is 10.3. The second-order valence-electron chi connectivity index (χ2n) is 7.45. The summed E-state index contributed by atoms with van der Waals surface area (Å²) in [5, 5.41) is 6.26. The molecule has 0 amide bonds. The van der Waals surface area contributed by atoms with Gasteiger partial charge >= 0.3 is 6.18 Å². The van der Waals surface area contributed by atoms with Crippen molar-refractivity contribution in [3.63, 3.8) is 0 Å². The summed E-state index contributed by atoms with van der Waals surface area (Å²) in [5.74, 6) is -0.347. The summed E-state index contributed by atoms with van der Waals surface area (Å²) in [5.41, 5.74) is -0.397. The van der Waals surface area contributed by atoms with Crippen molar-refractivity contribution in [2.75, 3.05) is 29.9 Å². The molecule has 0 unspecified atom stereocenters. The zero-order chi connectivity index (χ0) is 21.7. The third-order valence-corrected chi connectivity index (χ3v) is 5.09. The molecule has 1 atom stereocenters. The minimum Gasteiger partial charge on any atom is -0.355 e. The van der Waals surface area contributed by atoms with Crippen LogP contribution in [0, 0.1) is 5.82 Å². The number of halogens is 6. The molecule has 0 saturated carbocycles. The van der Waals surface area contributed by atoms with Crippen LogP contribution in [0.2, 0.25) is 0 Å². The van der Waals surface area contributed by atoms with Crippen molar-refractivity contribution < 1.29 is 17.6 Å². The molecule has 3 rings (SSSR count). The van der Waals surface area contributed by atoms with E-state index in [1.54, 1.807) is 0 Å². The van der Waals surface area contributed by atoms with Gasteiger partial charge in [0.1, 0.15) is 11.6 Å². The SMILES string of the molecule is CCCCc1cc(N2CC[C@H](NCC)C2)nc(Nc2ccc(F)c(C(F)(F)F)c2)n1.Cl.Cl. The second kappa shape index (κ2) is 12.4. The number of rotatable bonds is 8. The van der Waals surface area contributed by atoms with Crippen LogP contribution in [0.1, 0.15) is 44.4 Å². The van der Waals surface area contributed by atoms with Gasteiger partial charge in [-0.15, -0.1) is 24.8 Å². The highest BCUT2D eigenvalue weighted by Gasteiger charge is 2.34. The van der Waals surface area contributed by atoms with E-state index in [1.807, 2.05) is 6.07 Å². The van der Waals surface area contributed by atoms with Crippen LogP contribution in [0.3, 0.4) is 0 Å². The molecule has 2 aromatic rings. The average molecular weight is 498 g/mol. The molecule has 1 aliphatic heterocycles. The number of nitrogens with one attached hydrogen (secondary N) is 2. The Hall–Kier alpha value is -1.84. The lowest BCUT2D eigenvalue weighted by atomic mass is 10.2. The number of likely N-dealkylation sites (N-methyl/N-ethyl adjacent to an activating group) is 1. The number of aryl methyl sites for hydroxylation is 1. The molecule has 1 aromatic carbocycles. The van der Waals surface area contributed by atoms with Crippen LogP contribution in [0.15, 0.2) is 24.3 Å². The molecule has 0 radical (unpaired) electrons. The minimum atomic E-state index is -4.77. The van der Waals surface area contributed by atoms with Crippen molar-refractivity contribution in [2.45, 2.75) is 51.7 Å². The Labute approximate surface area is 198 Å². The van der Waals surface area contributed by atoms with Crippen LogP contribution in [-0.4, -0.2) is 35.6 Å². The largest absolute Gasteiger partial charge is 0.419 e. The highest BCUT2D eigenvalue weighted by molar-refractivity contribution is 5.85. The Bertz CT molecular complexity index is 867. The van der Waals surface area contributed by atoms with Crippen molar-refractivity contribution in [3.05, 3.63) is 41.3 Å². The summed E-state index contributed by atoms with van der Waals surface area (Å²) < 4.78 is 52.7. The number of anilines is 3. The molecule has 5 nitrogen and oxygen atoms in total. The molecule has 1 fully saturated rings. The fourth-order valence-corrected chi connectivity index (χ4v) is 3.56. The van der Waals surface area contributed by atoms with Crippen LogP contribution < -0.4 is 15.5 Å². The number of alkyl halides is 3. The number of aromatic nitrogens is 2. The third-order valence-electron chi connectivity index (χ3n) is 5.09. The van der Waals surface area contributed by atoms with E-state index in [1.165, 1.54) is 6.07 Å². The lowest BCUT2D eigenvalue weighted by molar-refractivity contribution is -0.139. The van der Waals surface area contributed by atoms with Gasteiger partial charge in [-0.1, -0.05) is 20.3 Å². The van der Waals surface area contributed by atoms with Gasteiger partial charge in [-0.3, -0.25) is 0 Å². The Balaban J connectivity index is 0.00000256. The summed E-state index contributed by atoms with van der Waals surface area (Å²) >= 11 is 0. The summed E-state index contributed by atoms with van der Waals surface area (Å²) in [6.45, 7) is 6.70. The van der Waals surface area contributed by atoms with Crippen LogP contribution in [-0.2, 0) is 12.6 Å². The first-order valence-electron chi connectivity index (χ1n) is 10.3.